The molecule has 0 saturated heterocycles. The Morgan fingerprint density at radius 2 is 1.85 bits per heavy atom. The molecule has 2 N–H and O–H groups in total. The van der Waals surface area contributed by atoms with E-state index in [2.05, 4.69) is 4.98 Å². The lowest BCUT2D eigenvalue weighted by Gasteiger charge is -2.11. The van der Waals surface area contributed by atoms with Crippen LogP contribution in [0.1, 0.15) is 15.9 Å². The van der Waals surface area contributed by atoms with E-state index in [4.69, 9.17) is 5.73 Å². The van der Waals surface area contributed by atoms with Crippen molar-refractivity contribution in [3.05, 3.63) is 65.9 Å². The van der Waals surface area contributed by atoms with Crippen LogP contribution in [0.4, 0.5) is 0 Å². The van der Waals surface area contributed by atoms with Crippen LogP contribution in [0.15, 0.2) is 54.7 Å². The predicted molar refractivity (Wildman–Crippen MR) is 80.4 cm³/mol. The van der Waals surface area contributed by atoms with Gasteiger partial charge in [0.15, 0.2) is 0 Å². The molecule has 0 radical (unpaired) electrons. The molecule has 0 aliphatic heterocycles. The minimum atomic E-state index is -0.429. The molecule has 0 spiro atoms. The highest BCUT2D eigenvalue weighted by Gasteiger charge is 2.15. The number of hydrogen-bond donors (Lipinski definition) is 1. The number of primary amides is 1. The molecule has 0 saturated carbocycles. The smallest absolute Gasteiger partial charge is 0.250 e. The molecule has 20 heavy (non-hydrogen) atoms. The number of nitrogens with zero attached hydrogens (tertiary/aromatic N) is 1. The number of rotatable bonds is 2. The zero-order valence-electron chi connectivity index (χ0n) is 11.1. The van der Waals surface area contributed by atoms with Crippen LogP contribution in [-0.4, -0.2) is 10.9 Å². The first-order valence-electron chi connectivity index (χ1n) is 6.42. The first kappa shape index (κ1) is 12.4. The molecule has 1 aromatic heterocycles. The summed E-state index contributed by atoms with van der Waals surface area (Å²) in [4.78, 5) is 16.3. The number of amides is 1. The quantitative estimate of drug-likeness (QED) is 0.770. The van der Waals surface area contributed by atoms with E-state index in [0.29, 0.717) is 5.56 Å². The largest absolute Gasteiger partial charge is 0.366 e. The number of hydrogen-bond acceptors (Lipinski definition) is 2. The fourth-order valence-electron chi connectivity index (χ4n) is 2.50. The second-order valence-corrected chi connectivity index (χ2v) is 4.74. The van der Waals surface area contributed by atoms with Crippen molar-refractivity contribution in [3.63, 3.8) is 0 Å². The van der Waals surface area contributed by atoms with Crippen LogP contribution < -0.4 is 5.73 Å². The topological polar surface area (TPSA) is 56.0 Å². The molecular formula is C17H14N2O. The number of pyridine rings is 1. The summed E-state index contributed by atoms with van der Waals surface area (Å²) in [5.74, 6) is -0.429. The summed E-state index contributed by atoms with van der Waals surface area (Å²) in [5.41, 5.74) is 8.74. The number of carbonyl (C=O) groups is 1. The summed E-state index contributed by atoms with van der Waals surface area (Å²) in [5, 5.41) is 1.86. The minimum Gasteiger partial charge on any atom is -0.366 e. The molecule has 0 aliphatic carbocycles. The lowest BCUT2D eigenvalue weighted by molar-refractivity contribution is 0.100. The van der Waals surface area contributed by atoms with Crippen LogP contribution in [0, 0.1) is 6.92 Å². The molecule has 98 valence electrons. The van der Waals surface area contributed by atoms with E-state index in [9.17, 15) is 4.79 Å². The average Bonchev–Trinajstić information content (AvgIpc) is 2.46. The lowest BCUT2D eigenvalue weighted by atomic mass is 9.94. The normalized spacial score (nSPS) is 10.7. The van der Waals surface area contributed by atoms with Gasteiger partial charge in [-0.25, -0.2) is 0 Å². The molecule has 0 fully saturated rings. The number of aromatic nitrogens is 1. The monoisotopic (exact) mass is 262 g/mol. The maximum atomic E-state index is 11.9. The highest BCUT2D eigenvalue weighted by Crippen LogP contribution is 2.30. The van der Waals surface area contributed by atoms with E-state index in [1.165, 1.54) is 0 Å². The molecule has 0 bridgehead atoms. The predicted octanol–water partition coefficient (Wildman–Crippen LogP) is 3.31. The van der Waals surface area contributed by atoms with Crippen molar-refractivity contribution in [2.45, 2.75) is 6.92 Å². The highest BCUT2D eigenvalue weighted by atomic mass is 16.1. The van der Waals surface area contributed by atoms with E-state index in [1.807, 2.05) is 55.5 Å². The van der Waals surface area contributed by atoms with Crippen LogP contribution in [0.5, 0.6) is 0 Å². The Bertz CT molecular complexity index is 809. The third-order valence-electron chi connectivity index (χ3n) is 3.44. The Morgan fingerprint density at radius 1 is 1.05 bits per heavy atom. The van der Waals surface area contributed by atoms with Crippen molar-refractivity contribution in [2.75, 3.05) is 0 Å². The maximum absolute atomic E-state index is 11.9. The molecule has 0 atom stereocenters. The Morgan fingerprint density at radius 3 is 2.60 bits per heavy atom. The van der Waals surface area contributed by atoms with Crippen molar-refractivity contribution in [1.82, 2.24) is 4.98 Å². The molecule has 3 nitrogen and oxygen atoms in total. The van der Waals surface area contributed by atoms with Crippen molar-refractivity contribution in [2.24, 2.45) is 5.73 Å². The molecule has 1 amide bonds. The van der Waals surface area contributed by atoms with E-state index in [0.717, 1.165) is 27.6 Å². The summed E-state index contributed by atoms with van der Waals surface area (Å²) in [7, 11) is 0. The Kier molecular flexibility index (Phi) is 2.95. The third-order valence-corrected chi connectivity index (χ3v) is 3.44. The van der Waals surface area contributed by atoms with Gasteiger partial charge in [-0.3, -0.25) is 9.78 Å². The molecule has 3 rings (SSSR count). The van der Waals surface area contributed by atoms with Gasteiger partial charge in [-0.15, -0.1) is 0 Å². The van der Waals surface area contributed by atoms with E-state index < -0.39 is 5.91 Å². The van der Waals surface area contributed by atoms with Crippen molar-refractivity contribution in [1.29, 1.82) is 0 Å². The summed E-state index contributed by atoms with van der Waals surface area (Å²) in [6.07, 6.45) is 1.72. The van der Waals surface area contributed by atoms with Gasteiger partial charge < -0.3 is 5.73 Å². The third kappa shape index (κ3) is 1.93. The van der Waals surface area contributed by atoms with Crippen LogP contribution in [-0.2, 0) is 0 Å². The van der Waals surface area contributed by atoms with Gasteiger partial charge in [-0.2, -0.15) is 0 Å². The number of aryl methyl sites for hydroxylation is 1. The summed E-state index contributed by atoms with van der Waals surface area (Å²) in [6, 6.07) is 15.5. The maximum Gasteiger partial charge on any atom is 0.250 e. The van der Waals surface area contributed by atoms with Gasteiger partial charge in [-0.05, 0) is 29.3 Å². The number of carbonyl (C=O) groups excluding carboxylic acids is 1. The number of nitrogens with two attached hydrogens (primary N) is 1. The molecule has 0 unspecified atom stereocenters. The fraction of sp³-hybridized carbons (Fsp3) is 0.0588. The Labute approximate surface area is 117 Å². The lowest BCUT2D eigenvalue weighted by Crippen LogP contribution is -2.13. The standard InChI is InChI=1S/C17H14N2O/c1-11-5-4-10-19-16(11)14-9-8-12-6-2-3-7-13(12)15(14)17(18)20/h2-10H,1H3,(H2,18,20). The summed E-state index contributed by atoms with van der Waals surface area (Å²) in [6.45, 7) is 1.97. The van der Waals surface area contributed by atoms with Gasteiger partial charge in [0.2, 0.25) is 5.91 Å². The molecule has 1 heterocycles. The zero-order chi connectivity index (χ0) is 14.1. The van der Waals surface area contributed by atoms with Crippen molar-refractivity contribution >= 4 is 16.7 Å². The van der Waals surface area contributed by atoms with Crippen LogP contribution in [0.3, 0.4) is 0 Å². The summed E-state index contributed by atoms with van der Waals surface area (Å²) >= 11 is 0. The van der Waals surface area contributed by atoms with E-state index >= 15 is 0 Å². The molecule has 2 aromatic carbocycles. The van der Waals surface area contributed by atoms with Crippen LogP contribution in [0.2, 0.25) is 0 Å². The zero-order valence-corrected chi connectivity index (χ0v) is 11.1. The first-order valence-corrected chi connectivity index (χ1v) is 6.42. The molecule has 3 heteroatoms. The van der Waals surface area contributed by atoms with Gasteiger partial charge in [0.25, 0.3) is 0 Å². The van der Waals surface area contributed by atoms with Crippen molar-refractivity contribution in [3.8, 4) is 11.3 Å². The molecule has 0 aliphatic rings. The second-order valence-electron chi connectivity index (χ2n) is 4.74. The minimum absolute atomic E-state index is 0.429. The SMILES string of the molecule is Cc1cccnc1-c1ccc2ccccc2c1C(N)=O. The number of benzene rings is 2. The first-order chi connectivity index (χ1) is 9.68. The number of fused-ring (bicyclic) bond motifs is 1. The van der Waals surface area contributed by atoms with Gasteiger partial charge in [0.1, 0.15) is 0 Å². The summed E-state index contributed by atoms with van der Waals surface area (Å²) < 4.78 is 0. The average molecular weight is 262 g/mol. The Balaban J connectivity index is 2.40. The van der Waals surface area contributed by atoms with Gasteiger partial charge in [0.05, 0.1) is 11.3 Å². The van der Waals surface area contributed by atoms with Crippen LogP contribution >= 0.6 is 0 Å². The van der Waals surface area contributed by atoms with Crippen LogP contribution in [0.25, 0.3) is 22.0 Å². The second kappa shape index (κ2) is 4.78. The highest BCUT2D eigenvalue weighted by molar-refractivity contribution is 6.11. The van der Waals surface area contributed by atoms with Gasteiger partial charge in [-0.1, -0.05) is 42.5 Å². The molecular weight excluding hydrogens is 248 g/mol. The van der Waals surface area contributed by atoms with E-state index in [-0.39, 0.29) is 0 Å². The van der Waals surface area contributed by atoms with E-state index in [1.54, 1.807) is 6.20 Å². The van der Waals surface area contributed by atoms with Crippen molar-refractivity contribution < 1.29 is 4.79 Å². The fourth-order valence-corrected chi connectivity index (χ4v) is 2.50. The van der Waals surface area contributed by atoms with Gasteiger partial charge >= 0.3 is 0 Å². The Hall–Kier alpha value is -2.68. The van der Waals surface area contributed by atoms with Gasteiger partial charge in [0, 0.05) is 11.8 Å². The molecule has 3 aromatic rings.